The number of thiophene rings is 1. The van der Waals surface area contributed by atoms with E-state index < -0.39 is 11.5 Å². The molecule has 0 spiro atoms. The Morgan fingerprint density at radius 1 is 1.58 bits per heavy atom. The summed E-state index contributed by atoms with van der Waals surface area (Å²) in [7, 11) is 1.49. The molecule has 2 heterocycles. The van der Waals surface area contributed by atoms with E-state index in [0.29, 0.717) is 11.3 Å². The van der Waals surface area contributed by atoms with E-state index in [9.17, 15) is 14.9 Å². The van der Waals surface area contributed by atoms with Gasteiger partial charge in [-0.25, -0.2) is 5.43 Å². The number of nitrogens with one attached hydrogen (secondary N) is 1. The molecule has 1 amide bonds. The summed E-state index contributed by atoms with van der Waals surface area (Å²) < 4.78 is 6.24. The molecule has 0 saturated heterocycles. The third kappa shape index (κ3) is 4.16. The highest BCUT2D eigenvalue weighted by Gasteiger charge is 2.14. The number of aryl methyl sites for hydroxylation is 1. The first-order valence-electron chi connectivity index (χ1n) is 7.04. The van der Waals surface area contributed by atoms with E-state index in [1.807, 2.05) is 23.6 Å². The predicted molar refractivity (Wildman–Crippen MR) is 90.9 cm³/mol. The van der Waals surface area contributed by atoms with Crippen LogP contribution in [-0.4, -0.2) is 23.8 Å². The number of ether oxygens (including phenoxy) is 1. The first-order valence-corrected chi connectivity index (χ1v) is 7.92. The highest BCUT2D eigenvalue weighted by Crippen LogP contribution is 2.08. The van der Waals surface area contributed by atoms with Gasteiger partial charge >= 0.3 is 0 Å². The molecule has 2 aromatic rings. The highest BCUT2D eigenvalue weighted by molar-refractivity contribution is 7.11. The van der Waals surface area contributed by atoms with E-state index in [1.165, 1.54) is 29.2 Å². The van der Waals surface area contributed by atoms with Crippen LogP contribution < -0.4 is 11.0 Å². The summed E-state index contributed by atoms with van der Waals surface area (Å²) in [6.45, 7) is 1.65. The molecule has 1 N–H and O–H groups in total. The minimum Gasteiger partial charge on any atom is -0.380 e. The van der Waals surface area contributed by atoms with Crippen molar-refractivity contribution in [3.8, 4) is 6.07 Å². The van der Waals surface area contributed by atoms with Crippen LogP contribution in [0.4, 0.5) is 0 Å². The summed E-state index contributed by atoms with van der Waals surface area (Å²) in [4.78, 5) is 25.2. The molecule has 0 aliphatic carbocycles. The molecule has 0 bridgehead atoms. The lowest BCUT2D eigenvalue weighted by Gasteiger charge is -2.12. The van der Waals surface area contributed by atoms with Crippen LogP contribution in [0.15, 0.2) is 33.5 Å². The second-order valence-electron chi connectivity index (χ2n) is 4.93. The van der Waals surface area contributed by atoms with E-state index >= 15 is 0 Å². The minimum atomic E-state index is -0.512. The van der Waals surface area contributed by atoms with Gasteiger partial charge in [0.25, 0.3) is 11.5 Å². The number of aromatic nitrogens is 1. The van der Waals surface area contributed by atoms with Crippen molar-refractivity contribution in [1.82, 2.24) is 9.99 Å². The van der Waals surface area contributed by atoms with Crippen molar-refractivity contribution in [3.05, 3.63) is 55.6 Å². The topological polar surface area (TPSA) is 96.5 Å². The molecule has 0 saturated carbocycles. The van der Waals surface area contributed by atoms with Gasteiger partial charge in [-0.2, -0.15) is 10.4 Å². The predicted octanol–water partition coefficient (Wildman–Crippen LogP) is 1.39. The molecule has 7 nitrogen and oxygen atoms in total. The largest absolute Gasteiger partial charge is 0.380 e. The molecule has 2 aromatic heterocycles. The monoisotopic (exact) mass is 344 g/mol. The van der Waals surface area contributed by atoms with Crippen LogP contribution in [0.3, 0.4) is 0 Å². The lowest BCUT2D eigenvalue weighted by Crippen LogP contribution is -2.33. The average Bonchev–Trinajstić information content (AvgIpc) is 3.05. The molecular formula is C16H16N4O3S. The maximum absolute atomic E-state index is 12.4. The number of rotatable bonds is 6. The Morgan fingerprint density at radius 3 is 3.00 bits per heavy atom. The molecule has 2 rings (SSSR count). The molecule has 0 fully saturated rings. The lowest BCUT2D eigenvalue weighted by molar-refractivity contribution is -0.121. The highest BCUT2D eigenvalue weighted by atomic mass is 32.1. The molecule has 0 atom stereocenters. The average molecular weight is 344 g/mol. The molecule has 0 aliphatic heterocycles. The maximum atomic E-state index is 12.4. The van der Waals surface area contributed by atoms with Crippen molar-refractivity contribution in [3.63, 3.8) is 0 Å². The second-order valence-corrected chi connectivity index (χ2v) is 5.91. The molecule has 8 heteroatoms. The third-order valence-corrected chi connectivity index (χ3v) is 4.03. The fourth-order valence-corrected chi connectivity index (χ4v) is 2.72. The van der Waals surface area contributed by atoms with Crippen molar-refractivity contribution in [1.29, 1.82) is 5.26 Å². The van der Waals surface area contributed by atoms with Gasteiger partial charge in [0.05, 0.1) is 12.8 Å². The summed E-state index contributed by atoms with van der Waals surface area (Å²) in [6.07, 6.45) is 1.53. The van der Waals surface area contributed by atoms with Crippen LogP contribution in [0.25, 0.3) is 0 Å². The van der Waals surface area contributed by atoms with E-state index in [1.54, 1.807) is 13.0 Å². The molecule has 0 unspecified atom stereocenters. The number of methoxy groups -OCH3 is 1. The van der Waals surface area contributed by atoms with Crippen molar-refractivity contribution in [2.75, 3.05) is 7.11 Å². The Kier molecular flexibility index (Phi) is 6.01. The molecular weight excluding hydrogens is 328 g/mol. The van der Waals surface area contributed by atoms with Crippen LogP contribution in [0.1, 0.15) is 21.7 Å². The third-order valence-electron chi connectivity index (χ3n) is 3.23. The number of carbonyl (C=O) groups excluding carboxylic acids is 1. The first-order chi connectivity index (χ1) is 11.6. The zero-order valence-corrected chi connectivity index (χ0v) is 14.1. The molecule has 0 radical (unpaired) electrons. The van der Waals surface area contributed by atoms with E-state index in [4.69, 9.17) is 4.74 Å². The van der Waals surface area contributed by atoms with Gasteiger partial charge in [-0.05, 0) is 24.4 Å². The van der Waals surface area contributed by atoms with E-state index in [-0.39, 0.29) is 18.7 Å². The van der Waals surface area contributed by atoms with Gasteiger partial charge in [-0.1, -0.05) is 6.07 Å². The Labute approximate surface area is 142 Å². The number of hydrogen-bond acceptors (Lipinski definition) is 6. The number of pyridine rings is 1. The quantitative estimate of drug-likeness (QED) is 0.632. The number of amides is 1. The molecule has 124 valence electrons. The van der Waals surface area contributed by atoms with Gasteiger partial charge in [0.15, 0.2) is 0 Å². The molecule has 0 aliphatic rings. The molecule has 0 aromatic carbocycles. The fourth-order valence-electron chi connectivity index (χ4n) is 2.13. The maximum Gasteiger partial charge on any atom is 0.269 e. The summed E-state index contributed by atoms with van der Waals surface area (Å²) in [5.74, 6) is -0.448. The van der Waals surface area contributed by atoms with Crippen molar-refractivity contribution in [2.24, 2.45) is 5.10 Å². The van der Waals surface area contributed by atoms with Crippen LogP contribution in [0.5, 0.6) is 0 Å². The standard InChI is InChI=1S/C16H16N4O3S/c1-11-6-12(10-23-2)14(7-17)16(22)20(11)9-15(21)19-18-8-13-4-3-5-24-13/h3-6,8H,9-10H2,1-2H3,(H,19,21). The summed E-state index contributed by atoms with van der Waals surface area (Å²) in [5, 5.41) is 14.9. The van der Waals surface area contributed by atoms with Gasteiger partial charge in [-0.3, -0.25) is 9.59 Å². The Hall–Kier alpha value is -2.76. The number of hydrazone groups is 1. The van der Waals surface area contributed by atoms with Gasteiger partial charge in [0.1, 0.15) is 18.2 Å². The van der Waals surface area contributed by atoms with E-state index in [2.05, 4.69) is 10.5 Å². The summed E-state index contributed by atoms with van der Waals surface area (Å²) in [5.41, 5.74) is 2.92. The lowest BCUT2D eigenvalue weighted by atomic mass is 10.1. The minimum absolute atomic E-state index is 0.0164. The van der Waals surface area contributed by atoms with Gasteiger partial charge in [0, 0.05) is 23.2 Å². The van der Waals surface area contributed by atoms with Crippen LogP contribution in [0, 0.1) is 18.3 Å². The Balaban J connectivity index is 2.16. The SMILES string of the molecule is COCc1cc(C)n(CC(=O)NN=Cc2cccs2)c(=O)c1C#N. The van der Waals surface area contributed by atoms with E-state index in [0.717, 1.165) is 4.88 Å². The van der Waals surface area contributed by atoms with Gasteiger partial charge < -0.3 is 9.30 Å². The summed E-state index contributed by atoms with van der Waals surface area (Å²) >= 11 is 1.49. The fraction of sp³-hybridized carbons (Fsp3) is 0.250. The summed E-state index contributed by atoms with van der Waals surface area (Å²) in [6, 6.07) is 7.29. The zero-order chi connectivity index (χ0) is 17.5. The van der Waals surface area contributed by atoms with Crippen molar-refractivity contribution >= 4 is 23.5 Å². The number of nitrogens with zero attached hydrogens (tertiary/aromatic N) is 3. The normalized spacial score (nSPS) is 10.7. The van der Waals surface area contributed by atoms with Crippen LogP contribution in [0.2, 0.25) is 0 Å². The smallest absolute Gasteiger partial charge is 0.269 e. The first kappa shape index (κ1) is 17.6. The van der Waals surface area contributed by atoms with Crippen molar-refractivity contribution < 1.29 is 9.53 Å². The Bertz CT molecular complexity index is 847. The number of carbonyl (C=O) groups is 1. The van der Waals surface area contributed by atoms with Gasteiger partial charge in [0.2, 0.25) is 0 Å². The van der Waals surface area contributed by atoms with Crippen LogP contribution in [-0.2, 0) is 22.7 Å². The number of nitriles is 1. The van der Waals surface area contributed by atoms with Crippen molar-refractivity contribution in [2.45, 2.75) is 20.1 Å². The number of hydrogen-bond donors (Lipinski definition) is 1. The molecule has 24 heavy (non-hydrogen) atoms. The van der Waals surface area contributed by atoms with Gasteiger partial charge in [-0.15, -0.1) is 11.3 Å². The zero-order valence-electron chi connectivity index (χ0n) is 13.3. The Morgan fingerprint density at radius 2 is 2.38 bits per heavy atom. The second kappa shape index (κ2) is 8.19. The van der Waals surface area contributed by atoms with Crippen LogP contribution >= 0.6 is 11.3 Å².